The van der Waals surface area contributed by atoms with Crippen molar-refractivity contribution in [2.75, 3.05) is 0 Å². The molecule has 0 radical (unpaired) electrons. The molecule has 0 amide bonds. The fourth-order valence-corrected chi connectivity index (χ4v) is 8.72. The molecule has 1 aromatic heterocycles. The average Bonchev–Trinajstić information content (AvgIpc) is 3.64. The summed E-state index contributed by atoms with van der Waals surface area (Å²) in [6.07, 6.45) is 0. The second-order valence-corrected chi connectivity index (χ2v) is 14.0. The van der Waals surface area contributed by atoms with Crippen LogP contribution in [0.3, 0.4) is 0 Å². The van der Waals surface area contributed by atoms with Crippen LogP contribution in [0.5, 0.6) is 11.5 Å². The molecule has 0 saturated carbocycles. The average molecular weight is 627 g/mol. The number of ether oxygens (including phenoxy) is 1. The van der Waals surface area contributed by atoms with Crippen LogP contribution in [0.1, 0.15) is 25.0 Å². The number of hydrogen-bond donors (Lipinski definition) is 0. The molecule has 0 unspecified atom stereocenters. The topological polar surface area (TPSA) is 22.4 Å². The van der Waals surface area contributed by atoms with Gasteiger partial charge in [-0.1, -0.05) is 123 Å². The highest BCUT2D eigenvalue weighted by Crippen LogP contribution is 2.53. The standard InChI is InChI=1S/C47H30O2/c1-47(2)39-15-6-5-11-33(39)34-20-18-29(26-40(34)47)30-22-24-43-45-35(30)13-7-14-36(45)38-25-28(19-23-41(38)48-43)31-12-8-16-42-44(31)37-21-17-27-9-3-4-10-32(27)46(37)49-42/h3-26H,1-2H3. The minimum Gasteiger partial charge on any atom is -0.456 e. The van der Waals surface area contributed by atoms with Gasteiger partial charge in [0.05, 0.1) is 0 Å². The number of fused-ring (bicyclic) bond motifs is 10. The van der Waals surface area contributed by atoms with E-state index in [-0.39, 0.29) is 5.41 Å². The van der Waals surface area contributed by atoms with E-state index >= 15 is 0 Å². The van der Waals surface area contributed by atoms with Crippen LogP contribution in [-0.2, 0) is 5.41 Å². The van der Waals surface area contributed by atoms with Crippen molar-refractivity contribution in [3.63, 3.8) is 0 Å². The molecule has 0 fully saturated rings. The minimum atomic E-state index is -0.0526. The quantitative estimate of drug-likeness (QED) is 0.190. The van der Waals surface area contributed by atoms with Crippen molar-refractivity contribution in [3.8, 4) is 56.0 Å². The second kappa shape index (κ2) is 9.49. The van der Waals surface area contributed by atoms with E-state index in [4.69, 9.17) is 9.15 Å². The summed E-state index contributed by atoms with van der Waals surface area (Å²) in [7, 11) is 0. The maximum atomic E-state index is 6.65. The summed E-state index contributed by atoms with van der Waals surface area (Å²) < 4.78 is 13.2. The second-order valence-electron chi connectivity index (χ2n) is 14.0. The lowest BCUT2D eigenvalue weighted by atomic mass is 9.81. The van der Waals surface area contributed by atoms with Gasteiger partial charge >= 0.3 is 0 Å². The first-order valence-corrected chi connectivity index (χ1v) is 17.0. The Labute approximate surface area is 283 Å². The van der Waals surface area contributed by atoms with Crippen LogP contribution < -0.4 is 4.74 Å². The van der Waals surface area contributed by atoms with Crippen molar-refractivity contribution >= 4 is 43.5 Å². The van der Waals surface area contributed by atoms with Gasteiger partial charge in [0.25, 0.3) is 0 Å². The molecule has 0 spiro atoms. The minimum absolute atomic E-state index is 0.0526. The zero-order valence-corrected chi connectivity index (χ0v) is 27.2. The summed E-state index contributed by atoms with van der Waals surface area (Å²) in [6, 6.07) is 52.7. The van der Waals surface area contributed by atoms with E-state index < -0.39 is 0 Å². The molecule has 0 saturated heterocycles. The summed E-state index contributed by atoms with van der Waals surface area (Å²) in [5, 5.41) is 6.96. The van der Waals surface area contributed by atoms with E-state index in [1.54, 1.807) is 0 Å². The van der Waals surface area contributed by atoms with Gasteiger partial charge in [0.1, 0.15) is 22.7 Å². The molecule has 49 heavy (non-hydrogen) atoms. The van der Waals surface area contributed by atoms with Crippen LogP contribution in [0.4, 0.5) is 0 Å². The molecule has 2 aliphatic rings. The van der Waals surface area contributed by atoms with Gasteiger partial charge in [-0.3, -0.25) is 0 Å². The Morgan fingerprint density at radius 1 is 0.429 bits per heavy atom. The molecule has 0 atom stereocenters. The molecule has 11 rings (SSSR count). The summed E-state index contributed by atoms with van der Waals surface area (Å²) in [5.74, 6) is 1.78. The lowest BCUT2D eigenvalue weighted by Crippen LogP contribution is -2.14. The maximum absolute atomic E-state index is 6.65. The van der Waals surface area contributed by atoms with Crippen LogP contribution in [-0.4, -0.2) is 0 Å². The third-order valence-corrected chi connectivity index (χ3v) is 11.1. The molecule has 9 aromatic rings. The summed E-state index contributed by atoms with van der Waals surface area (Å²) >= 11 is 0. The summed E-state index contributed by atoms with van der Waals surface area (Å²) in [5.41, 5.74) is 14.3. The van der Waals surface area contributed by atoms with E-state index in [0.717, 1.165) is 60.9 Å². The van der Waals surface area contributed by atoms with Gasteiger partial charge < -0.3 is 9.15 Å². The number of hydrogen-bond acceptors (Lipinski definition) is 2. The van der Waals surface area contributed by atoms with E-state index in [2.05, 4.69) is 159 Å². The Morgan fingerprint density at radius 3 is 2.10 bits per heavy atom. The number of rotatable bonds is 2. The van der Waals surface area contributed by atoms with Crippen LogP contribution in [0.25, 0.3) is 88.0 Å². The Balaban J connectivity index is 1.08. The Hall–Kier alpha value is -6.12. The van der Waals surface area contributed by atoms with Gasteiger partial charge in [-0.15, -0.1) is 0 Å². The normalized spacial score (nSPS) is 13.8. The summed E-state index contributed by atoms with van der Waals surface area (Å²) in [4.78, 5) is 0. The molecule has 230 valence electrons. The van der Waals surface area contributed by atoms with Crippen LogP contribution >= 0.6 is 0 Å². The first-order valence-electron chi connectivity index (χ1n) is 17.0. The Bertz CT molecular complexity index is 2880. The first kappa shape index (κ1) is 26.9. The highest BCUT2D eigenvalue weighted by Gasteiger charge is 2.35. The van der Waals surface area contributed by atoms with Crippen molar-refractivity contribution in [1.82, 2.24) is 0 Å². The van der Waals surface area contributed by atoms with Gasteiger partial charge in [-0.2, -0.15) is 0 Å². The zero-order valence-electron chi connectivity index (χ0n) is 27.2. The van der Waals surface area contributed by atoms with Crippen LogP contribution in [0.2, 0.25) is 0 Å². The predicted octanol–water partition coefficient (Wildman–Crippen LogP) is 13.3. The predicted molar refractivity (Wildman–Crippen MR) is 203 cm³/mol. The third-order valence-electron chi connectivity index (χ3n) is 11.1. The first-order chi connectivity index (χ1) is 24.0. The number of benzene rings is 8. The van der Waals surface area contributed by atoms with Gasteiger partial charge in [0.15, 0.2) is 0 Å². The van der Waals surface area contributed by atoms with Crippen LogP contribution in [0.15, 0.2) is 150 Å². The molecular weight excluding hydrogens is 597 g/mol. The SMILES string of the molecule is CC1(C)c2ccccc2-c2ccc(-c3ccc4c5c(cccc35)-c3cc(-c5cccc6oc7c8ccccc8ccc7c56)ccc3O4)cc21. The van der Waals surface area contributed by atoms with Gasteiger partial charge in [-0.05, 0) is 97.2 Å². The molecule has 1 aliphatic heterocycles. The van der Waals surface area contributed by atoms with E-state index in [0.29, 0.717) is 0 Å². The van der Waals surface area contributed by atoms with Gasteiger partial charge in [-0.25, -0.2) is 0 Å². The molecule has 8 aromatic carbocycles. The molecule has 2 heterocycles. The Morgan fingerprint density at radius 2 is 1.14 bits per heavy atom. The third kappa shape index (κ3) is 3.61. The van der Waals surface area contributed by atoms with Gasteiger partial charge in [0, 0.05) is 32.5 Å². The van der Waals surface area contributed by atoms with Crippen molar-refractivity contribution < 1.29 is 9.15 Å². The monoisotopic (exact) mass is 626 g/mol. The molecule has 0 N–H and O–H groups in total. The lowest BCUT2D eigenvalue weighted by Gasteiger charge is -2.24. The maximum Gasteiger partial charge on any atom is 0.143 e. The number of furan rings is 1. The van der Waals surface area contributed by atoms with E-state index in [1.165, 1.54) is 49.7 Å². The fourth-order valence-electron chi connectivity index (χ4n) is 8.72. The summed E-state index contributed by atoms with van der Waals surface area (Å²) in [6.45, 7) is 4.69. The van der Waals surface area contributed by atoms with Crippen molar-refractivity contribution in [2.45, 2.75) is 19.3 Å². The van der Waals surface area contributed by atoms with Crippen LogP contribution in [0, 0.1) is 0 Å². The fraction of sp³-hybridized carbons (Fsp3) is 0.0638. The van der Waals surface area contributed by atoms with Gasteiger partial charge in [0.2, 0.25) is 0 Å². The highest BCUT2D eigenvalue weighted by molar-refractivity contribution is 6.19. The molecular formula is C47H30O2. The molecule has 2 heteroatoms. The van der Waals surface area contributed by atoms with Crippen molar-refractivity contribution in [3.05, 3.63) is 157 Å². The smallest absolute Gasteiger partial charge is 0.143 e. The highest BCUT2D eigenvalue weighted by atomic mass is 16.5. The molecule has 1 aliphatic carbocycles. The lowest BCUT2D eigenvalue weighted by molar-refractivity contribution is 0.487. The largest absolute Gasteiger partial charge is 0.456 e. The van der Waals surface area contributed by atoms with E-state index in [1.807, 2.05) is 0 Å². The van der Waals surface area contributed by atoms with Crippen molar-refractivity contribution in [1.29, 1.82) is 0 Å². The van der Waals surface area contributed by atoms with E-state index in [9.17, 15) is 0 Å². The molecule has 2 nitrogen and oxygen atoms in total. The van der Waals surface area contributed by atoms with Crippen molar-refractivity contribution in [2.24, 2.45) is 0 Å². The Kier molecular flexibility index (Phi) is 5.21. The molecule has 0 bridgehead atoms. The zero-order chi connectivity index (χ0) is 32.4.